The zero-order valence-electron chi connectivity index (χ0n) is 12.9. The third kappa shape index (κ3) is 3.00. The van der Waals surface area contributed by atoms with Crippen LogP contribution < -0.4 is 5.43 Å². The largest absolute Gasteiger partial charge is 0.477 e. The molecular weight excluding hydrogens is 339 g/mol. The Morgan fingerprint density at radius 1 is 1.24 bits per heavy atom. The summed E-state index contributed by atoms with van der Waals surface area (Å²) in [5.74, 6) is -1.65. The number of pyridine rings is 1. The molecular formula is C16H12F3N3O3. The first-order valence-electron chi connectivity index (χ1n) is 7.17. The van der Waals surface area contributed by atoms with Gasteiger partial charge in [-0.25, -0.2) is 9.78 Å². The highest BCUT2D eigenvalue weighted by atomic mass is 19.4. The number of aromatic carboxylic acids is 1. The van der Waals surface area contributed by atoms with Crippen LogP contribution >= 0.6 is 0 Å². The highest BCUT2D eigenvalue weighted by Crippen LogP contribution is 2.26. The minimum Gasteiger partial charge on any atom is -0.477 e. The predicted molar refractivity (Wildman–Crippen MR) is 83.1 cm³/mol. The van der Waals surface area contributed by atoms with Crippen LogP contribution in [0, 0.1) is 6.92 Å². The van der Waals surface area contributed by atoms with E-state index in [1.807, 2.05) is 0 Å². The molecule has 0 aliphatic carbocycles. The second-order valence-corrected chi connectivity index (χ2v) is 5.43. The maximum absolute atomic E-state index is 13.0. The van der Waals surface area contributed by atoms with Gasteiger partial charge in [0.2, 0.25) is 5.95 Å². The van der Waals surface area contributed by atoms with Crippen LogP contribution in [0.2, 0.25) is 0 Å². The molecule has 130 valence electrons. The molecule has 0 atom stereocenters. The number of fused-ring (bicyclic) bond motifs is 1. The van der Waals surface area contributed by atoms with Crippen molar-refractivity contribution in [1.29, 1.82) is 0 Å². The first kappa shape index (κ1) is 16.7. The number of rotatable bonds is 3. The van der Waals surface area contributed by atoms with E-state index in [1.54, 1.807) is 12.1 Å². The van der Waals surface area contributed by atoms with Crippen LogP contribution in [0.4, 0.5) is 13.2 Å². The van der Waals surface area contributed by atoms with Crippen molar-refractivity contribution in [3.05, 3.63) is 58.0 Å². The third-order valence-corrected chi connectivity index (χ3v) is 3.73. The number of benzene rings is 1. The van der Waals surface area contributed by atoms with Crippen LogP contribution in [0.3, 0.4) is 0 Å². The van der Waals surface area contributed by atoms with E-state index >= 15 is 0 Å². The second kappa shape index (κ2) is 5.76. The quantitative estimate of drug-likeness (QED) is 0.787. The smallest absolute Gasteiger partial charge is 0.406 e. The molecule has 0 saturated heterocycles. The number of halogens is 3. The number of hydrogen-bond acceptors (Lipinski definition) is 3. The van der Waals surface area contributed by atoms with Crippen molar-refractivity contribution in [1.82, 2.24) is 14.1 Å². The molecule has 2 heterocycles. The molecule has 0 aliphatic rings. The fraction of sp³-hybridized carbons (Fsp3) is 0.188. The van der Waals surface area contributed by atoms with Crippen molar-refractivity contribution >= 4 is 17.0 Å². The van der Waals surface area contributed by atoms with E-state index < -0.39 is 29.8 Å². The van der Waals surface area contributed by atoms with Gasteiger partial charge in [-0.2, -0.15) is 13.2 Å². The summed E-state index contributed by atoms with van der Waals surface area (Å²) in [5, 5.41) is 9.41. The van der Waals surface area contributed by atoms with Crippen molar-refractivity contribution < 1.29 is 23.1 Å². The standard InChI is InChI=1S/C16H12F3N3O3/c1-9-12(23)6-7-21(13(9)14(24)25)15-20-10-4-2-3-5-11(10)22(15)8-16(17,18)19/h2-7H,8H2,1H3,(H,24,25). The van der Waals surface area contributed by atoms with E-state index in [0.29, 0.717) is 0 Å². The number of carboxylic acid groups (broad SMARTS) is 1. The number of aromatic nitrogens is 3. The summed E-state index contributed by atoms with van der Waals surface area (Å²) in [4.78, 5) is 27.4. The Morgan fingerprint density at radius 3 is 2.56 bits per heavy atom. The Kier molecular flexibility index (Phi) is 3.86. The van der Waals surface area contributed by atoms with E-state index in [9.17, 15) is 27.9 Å². The van der Waals surface area contributed by atoms with Crippen LogP contribution in [-0.4, -0.2) is 31.4 Å². The highest BCUT2D eigenvalue weighted by Gasteiger charge is 2.31. The zero-order chi connectivity index (χ0) is 18.4. The van der Waals surface area contributed by atoms with Gasteiger partial charge in [0.05, 0.1) is 11.0 Å². The minimum absolute atomic E-state index is 0.0828. The molecule has 3 aromatic rings. The van der Waals surface area contributed by atoms with Crippen LogP contribution in [0.15, 0.2) is 41.3 Å². The van der Waals surface area contributed by atoms with Crippen LogP contribution in [0.25, 0.3) is 17.0 Å². The molecule has 0 bridgehead atoms. The monoisotopic (exact) mass is 351 g/mol. The lowest BCUT2D eigenvalue weighted by Gasteiger charge is -2.16. The molecule has 0 saturated carbocycles. The molecule has 25 heavy (non-hydrogen) atoms. The number of carbonyl (C=O) groups is 1. The Bertz CT molecular complexity index is 1030. The summed E-state index contributed by atoms with van der Waals surface area (Å²) in [6.45, 7) is -0.0356. The first-order chi connectivity index (χ1) is 11.7. The van der Waals surface area contributed by atoms with Gasteiger partial charge in [0.25, 0.3) is 0 Å². The number of nitrogens with zero attached hydrogens (tertiary/aromatic N) is 3. The average molecular weight is 351 g/mol. The maximum Gasteiger partial charge on any atom is 0.406 e. The van der Waals surface area contributed by atoms with Gasteiger partial charge in [-0.15, -0.1) is 0 Å². The Morgan fingerprint density at radius 2 is 1.92 bits per heavy atom. The van der Waals surface area contributed by atoms with Crippen molar-refractivity contribution in [2.75, 3.05) is 0 Å². The van der Waals surface area contributed by atoms with Crippen LogP contribution in [0.1, 0.15) is 16.1 Å². The van der Waals surface area contributed by atoms with Gasteiger partial charge in [-0.1, -0.05) is 12.1 Å². The van der Waals surface area contributed by atoms with Gasteiger partial charge in [0.1, 0.15) is 12.2 Å². The number of para-hydroxylation sites is 2. The Balaban J connectivity index is 2.37. The molecule has 6 nitrogen and oxygen atoms in total. The molecule has 0 unspecified atom stereocenters. The Hall–Kier alpha value is -3.10. The van der Waals surface area contributed by atoms with Crippen molar-refractivity contribution in [3.63, 3.8) is 0 Å². The SMILES string of the molecule is Cc1c(C(=O)O)n(-c2nc3ccccc3n2CC(F)(F)F)ccc1=O. The van der Waals surface area contributed by atoms with Crippen molar-refractivity contribution in [2.45, 2.75) is 19.6 Å². The molecule has 9 heteroatoms. The molecule has 1 N–H and O–H groups in total. The molecule has 0 aliphatic heterocycles. The van der Waals surface area contributed by atoms with Gasteiger partial charge >= 0.3 is 12.1 Å². The molecule has 0 amide bonds. The van der Waals surface area contributed by atoms with E-state index in [1.165, 1.54) is 19.1 Å². The summed E-state index contributed by atoms with van der Waals surface area (Å²) >= 11 is 0. The van der Waals surface area contributed by atoms with Gasteiger partial charge in [0.15, 0.2) is 5.43 Å². The van der Waals surface area contributed by atoms with Crippen LogP contribution in [-0.2, 0) is 6.54 Å². The number of alkyl halides is 3. The Labute approximate surface area is 138 Å². The van der Waals surface area contributed by atoms with E-state index in [2.05, 4.69) is 4.98 Å². The third-order valence-electron chi connectivity index (χ3n) is 3.73. The maximum atomic E-state index is 13.0. The molecule has 0 spiro atoms. The normalized spacial score (nSPS) is 11.8. The zero-order valence-corrected chi connectivity index (χ0v) is 12.9. The van der Waals surface area contributed by atoms with Crippen molar-refractivity contribution in [2.24, 2.45) is 0 Å². The molecule has 2 aromatic heterocycles. The van der Waals surface area contributed by atoms with Gasteiger partial charge < -0.3 is 9.67 Å². The number of imidazole rings is 1. The minimum atomic E-state index is -4.53. The molecule has 1 aromatic carbocycles. The lowest BCUT2D eigenvalue weighted by Crippen LogP contribution is -2.24. The van der Waals surface area contributed by atoms with E-state index in [4.69, 9.17) is 0 Å². The fourth-order valence-electron chi connectivity index (χ4n) is 2.65. The molecule has 0 radical (unpaired) electrons. The van der Waals surface area contributed by atoms with E-state index in [-0.39, 0.29) is 22.5 Å². The summed E-state index contributed by atoms with van der Waals surface area (Å²) in [5.41, 5.74) is -0.532. The average Bonchev–Trinajstić information content (AvgIpc) is 2.86. The summed E-state index contributed by atoms with van der Waals surface area (Å²) in [6, 6.07) is 7.27. The van der Waals surface area contributed by atoms with Crippen LogP contribution in [0.5, 0.6) is 0 Å². The molecule has 0 fully saturated rings. The fourth-order valence-corrected chi connectivity index (χ4v) is 2.65. The second-order valence-electron chi connectivity index (χ2n) is 5.43. The van der Waals surface area contributed by atoms with Gasteiger partial charge in [0, 0.05) is 17.8 Å². The van der Waals surface area contributed by atoms with Gasteiger partial charge in [-0.3, -0.25) is 9.36 Å². The number of carboxylic acids is 1. The van der Waals surface area contributed by atoms with Crippen molar-refractivity contribution in [3.8, 4) is 5.95 Å². The number of hydrogen-bond donors (Lipinski definition) is 1. The van der Waals surface area contributed by atoms with Gasteiger partial charge in [-0.05, 0) is 19.1 Å². The predicted octanol–water partition coefficient (Wildman–Crippen LogP) is 2.76. The highest BCUT2D eigenvalue weighted by molar-refractivity contribution is 5.88. The summed E-state index contributed by atoms with van der Waals surface area (Å²) in [7, 11) is 0. The summed E-state index contributed by atoms with van der Waals surface area (Å²) in [6.07, 6.45) is -3.41. The topological polar surface area (TPSA) is 77.1 Å². The molecule has 3 rings (SSSR count). The lowest BCUT2D eigenvalue weighted by atomic mass is 10.2. The first-order valence-corrected chi connectivity index (χ1v) is 7.17. The lowest BCUT2D eigenvalue weighted by molar-refractivity contribution is -0.139. The summed E-state index contributed by atoms with van der Waals surface area (Å²) < 4.78 is 40.9. The van der Waals surface area contributed by atoms with E-state index in [0.717, 1.165) is 21.4 Å².